The summed E-state index contributed by atoms with van der Waals surface area (Å²) in [6, 6.07) is 25.4. The van der Waals surface area contributed by atoms with E-state index in [0.29, 0.717) is 19.1 Å². The molecule has 0 spiro atoms. The summed E-state index contributed by atoms with van der Waals surface area (Å²) in [7, 11) is 4.82. The highest BCUT2D eigenvalue weighted by atomic mass is 16.6. The summed E-state index contributed by atoms with van der Waals surface area (Å²) in [4.78, 5) is 24.7. The summed E-state index contributed by atoms with van der Waals surface area (Å²) in [6.07, 6.45) is 3.84. The summed E-state index contributed by atoms with van der Waals surface area (Å²) in [5.41, 5.74) is 1.85. The lowest BCUT2D eigenvalue weighted by atomic mass is 9.80. The molecule has 2 atom stereocenters. The average molecular weight is 531 g/mol. The Morgan fingerprint density at radius 2 is 1.49 bits per heavy atom. The predicted molar refractivity (Wildman–Crippen MR) is 148 cm³/mol. The number of amides is 2. The SMILES string of the molecule is CNC(=O)N(/C=C\C=O)C1CC[C@@H](COC(c2ccccc2)(c2ccc(OC)cc2)c2ccc(OC)cc2)O1. The third-order valence-electron chi connectivity index (χ3n) is 6.83. The second-order valence-electron chi connectivity index (χ2n) is 9.05. The fourth-order valence-corrected chi connectivity index (χ4v) is 4.86. The Balaban J connectivity index is 1.70. The zero-order chi connectivity index (χ0) is 27.7. The van der Waals surface area contributed by atoms with Crippen molar-refractivity contribution in [3.05, 3.63) is 108 Å². The topological polar surface area (TPSA) is 86.3 Å². The first-order valence-corrected chi connectivity index (χ1v) is 12.8. The molecule has 0 aliphatic carbocycles. The molecule has 0 radical (unpaired) electrons. The van der Waals surface area contributed by atoms with Gasteiger partial charge in [0, 0.05) is 13.2 Å². The normalized spacial score (nSPS) is 17.1. The van der Waals surface area contributed by atoms with E-state index >= 15 is 0 Å². The number of allylic oxidation sites excluding steroid dienone is 1. The second-order valence-corrected chi connectivity index (χ2v) is 9.05. The number of carbonyl (C=O) groups excluding carboxylic acids is 2. The van der Waals surface area contributed by atoms with E-state index in [4.69, 9.17) is 18.9 Å². The number of hydrogen-bond donors (Lipinski definition) is 1. The average Bonchev–Trinajstić information content (AvgIpc) is 3.47. The highest BCUT2D eigenvalue weighted by molar-refractivity contribution is 5.76. The smallest absolute Gasteiger partial charge is 0.323 e. The molecule has 4 rings (SSSR count). The van der Waals surface area contributed by atoms with Gasteiger partial charge in [-0.05, 0) is 59.9 Å². The van der Waals surface area contributed by atoms with Crippen molar-refractivity contribution in [1.82, 2.24) is 10.2 Å². The fraction of sp³-hybridized carbons (Fsp3) is 0.290. The van der Waals surface area contributed by atoms with Crippen molar-refractivity contribution in [2.24, 2.45) is 0 Å². The monoisotopic (exact) mass is 530 g/mol. The van der Waals surface area contributed by atoms with E-state index in [0.717, 1.165) is 28.2 Å². The molecule has 3 aromatic carbocycles. The Bertz CT molecular complexity index is 1200. The maximum atomic E-state index is 12.4. The molecule has 1 fully saturated rings. The zero-order valence-corrected chi connectivity index (χ0v) is 22.4. The van der Waals surface area contributed by atoms with E-state index in [1.807, 2.05) is 78.9 Å². The van der Waals surface area contributed by atoms with Gasteiger partial charge in [0.15, 0.2) is 0 Å². The number of aldehydes is 1. The Kier molecular flexibility index (Phi) is 9.35. The molecule has 1 heterocycles. The highest BCUT2D eigenvalue weighted by Crippen LogP contribution is 2.42. The van der Waals surface area contributed by atoms with Gasteiger partial charge in [0.2, 0.25) is 0 Å². The van der Waals surface area contributed by atoms with Gasteiger partial charge in [0.1, 0.15) is 29.6 Å². The highest BCUT2D eigenvalue weighted by Gasteiger charge is 2.40. The lowest BCUT2D eigenvalue weighted by Crippen LogP contribution is -2.42. The van der Waals surface area contributed by atoms with Crippen LogP contribution in [0.25, 0.3) is 0 Å². The molecule has 2 amide bonds. The van der Waals surface area contributed by atoms with Crippen molar-refractivity contribution >= 4 is 12.3 Å². The molecule has 1 aliphatic heterocycles. The molecule has 0 aromatic heterocycles. The molecule has 1 unspecified atom stereocenters. The minimum Gasteiger partial charge on any atom is -0.497 e. The quantitative estimate of drug-likeness (QED) is 0.216. The molecule has 1 saturated heterocycles. The summed E-state index contributed by atoms with van der Waals surface area (Å²) in [6.45, 7) is 0.266. The number of urea groups is 1. The van der Waals surface area contributed by atoms with E-state index in [9.17, 15) is 9.59 Å². The first kappa shape index (κ1) is 27.9. The van der Waals surface area contributed by atoms with Gasteiger partial charge in [-0.25, -0.2) is 4.79 Å². The van der Waals surface area contributed by atoms with E-state index in [-0.39, 0.29) is 18.7 Å². The zero-order valence-electron chi connectivity index (χ0n) is 22.4. The van der Waals surface area contributed by atoms with E-state index in [1.54, 1.807) is 14.2 Å². The van der Waals surface area contributed by atoms with E-state index in [2.05, 4.69) is 5.32 Å². The van der Waals surface area contributed by atoms with Crippen LogP contribution >= 0.6 is 0 Å². The maximum absolute atomic E-state index is 12.4. The lowest BCUT2D eigenvalue weighted by molar-refractivity contribution is -0.104. The van der Waals surface area contributed by atoms with Gasteiger partial charge in [-0.2, -0.15) is 0 Å². The Labute approximate surface area is 229 Å². The van der Waals surface area contributed by atoms with Crippen LogP contribution in [0, 0.1) is 0 Å². The van der Waals surface area contributed by atoms with Crippen molar-refractivity contribution in [2.45, 2.75) is 30.8 Å². The van der Waals surface area contributed by atoms with Crippen molar-refractivity contribution in [3.63, 3.8) is 0 Å². The Morgan fingerprint density at radius 3 is 2.00 bits per heavy atom. The van der Waals surface area contributed by atoms with Crippen LogP contribution in [0.15, 0.2) is 91.1 Å². The summed E-state index contributed by atoms with van der Waals surface area (Å²) in [5, 5.41) is 2.59. The van der Waals surface area contributed by atoms with Gasteiger partial charge in [0.25, 0.3) is 0 Å². The van der Waals surface area contributed by atoms with Gasteiger partial charge in [-0.15, -0.1) is 0 Å². The first-order valence-electron chi connectivity index (χ1n) is 12.8. The molecule has 3 aromatic rings. The van der Waals surface area contributed by atoms with Gasteiger partial charge >= 0.3 is 6.03 Å². The molecule has 1 aliphatic rings. The number of methoxy groups -OCH3 is 2. The molecule has 0 bridgehead atoms. The van der Waals surface area contributed by atoms with Crippen LogP contribution in [0.4, 0.5) is 4.79 Å². The third kappa shape index (κ3) is 6.13. The Morgan fingerprint density at radius 1 is 0.923 bits per heavy atom. The largest absolute Gasteiger partial charge is 0.497 e. The van der Waals surface area contributed by atoms with Crippen LogP contribution in [0.1, 0.15) is 29.5 Å². The number of rotatable bonds is 11. The van der Waals surface area contributed by atoms with Gasteiger partial charge in [-0.3, -0.25) is 9.69 Å². The fourth-order valence-electron chi connectivity index (χ4n) is 4.86. The molecular formula is C31H34N2O6. The molecule has 0 saturated carbocycles. The molecule has 39 heavy (non-hydrogen) atoms. The first-order chi connectivity index (χ1) is 19.0. The minimum atomic E-state index is -0.959. The predicted octanol–water partition coefficient (Wildman–Crippen LogP) is 4.87. The van der Waals surface area contributed by atoms with Crippen LogP contribution in [0.3, 0.4) is 0 Å². The number of hydrogen-bond acceptors (Lipinski definition) is 6. The number of nitrogens with zero attached hydrogens (tertiary/aromatic N) is 1. The number of nitrogens with one attached hydrogen (secondary N) is 1. The molecule has 8 nitrogen and oxygen atoms in total. The van der Waals surface area contributed by atoms with Crippen LogP contribution in [0.2, 0.25) is 0 Å². The van der Waals surface area contributed by atoms with Crippen molar-refractivity contribution in [3.8, 4) is 11.5 Å². The third-order valence-corrected chi connectivity index (χ3v) is 6.83. The van der Waals surface area contributed by atoms with Gasteiger partial charge < -0.3 is 24.3 Å². The van der Waals surface area contributed by atoms with Gasteiger partial charge in [-0.1, -0.05) is 54.6 Å². The van der Waals surface area contributed by atoms with E-state index < -0.39 is 11.8 Å². The van der Waals surface area contributed by atoms with Gasteiger partial charge in [0.05, 0.1) is 26.9 Å². The molecule has 204 valence electrons. The van der Waals surface area contributed by atoms with Crippen molar-refractivity contribution < 1.29 is 28.5 Å². The van der Waals surface area contributed by atoms with Crippen molar-refractivity contribution in [2.75, 3.05) is 27.9 Å². The second kappa shape index (κ2) is 13.1. The lowest BCUT2D eigenvalue weighted by Gasteiger charge is -2.37. The molecule has 1 N–H and O–H groups in total. The van der Waals surface area contributed by atoms with Crippen molar-refractivity contribution in [1.29, 1.82) is 0 Å². The Hall–Kier alpha value is -4.14. The van der Waals surface area contributed by atoms with E-state index in [1.165, 1.54) is 24.2 Å². The van der Waals surface area contributed by atoms with Crippen LogP contribution < -0.4 is 14.8 Å². The minimum absolute atomic E-state index is 0.266. The van der Waals surface area contributed by atoms with Crippen LogP contribution in [0.5, 0.6) is 11.5 Å². The molecule has 8 heteroatoms. The summed E-state index contributed by atoms with van der Waals surface area (Å²) < 4.78 is 24.0. The number of carbonyl (C=O) groups is 2. The van der Waals surface area contributed by atoms with Crippen LogP contribution in [-0.2, 0) is 19.9 Å². The number of benzene rings is 3. The molecular weight excluding hydrogens is 496 g/mol. The summed E-state index contributed by atoms with van der Waals surface area (Å²) in [5.74, 6) is 1.49. The standard InChI is InChI=1S/C31H34N2O6/c1-32-30(35)33(20-7-21-34)29-19-18-28(39-29)22-38-31(23-8-5-4-6-9-23,24-10-14-26(36-2)15-11-24)25-12-16-27(37-3)17-13-25/h4-17,20-21,28-29H,18-19,22H2,1-3H3,(H,32,35)/b20-7-/t28-,29?/m0/s1. The summed E-state index contributed by atoms with van der Waals surface area (Å²) >= 11 is 0. The van der Waals surface area contributed by atoms with Crippen LogP contribution in [-0.4, -0.2) is 57.4 Å². The number of ether oxygens (including phenoxy) is 4. The maximum Gasteiger partial charge on any atom is 0.323 e.